The fraction of sp³-hybridized carbons (Fsp3) is 1.00. The lowest BCUT2D eigenvalue weighted by Gasteiger charge is -2.23. The Morgan fingerprint density at radius 3 is 2.63 bits per heavy atom. The van der Waals surface area contributed by atoms with Crippen LogP contribution in [0.4, 0.5) is 13.2 Å². The normalized spacial score (nSPS) is 21.5. The number of rotatable bonds is 7. The second-order valence-electron chi connectivity index (χ2n) is 4.44. The van der Waals surface area contributed by atoms with Crippen LogP contribution >= 0.6 is 11.8 Å². The average Bonchev–Trinajstić information content (AvgIpc) is 2.33. The molecule has 0 aromatic heterocycles. The molecule has 1 aliphatic rings. The average molecular weight is 320 g/mol. The first-order valence-corrected chi connectivity index (χ1v) is 8.84. The fourth-order valence-electron chi connectivity index (χ4n) is 1.90. The van der Waals surface area contributed by atoms with Crippen molar-refractivity contribution in [1.82, 2.24) is 10.0 Å². The van der Waals surface area contributed by atoms with Gasteiger partial charge in [-0.25, -0.2) is 13.1 Å². The number of hydrogen-bond donors (Lipinski definition) is 2. The smallest absolute Gasteiger partial charge is 0.314 e. The van der Waals surface area contributed by atoms with Crippen molar-refractivity contribution in [3.05, 3.63) is 0 Å². The third-order valence-corrected chi connectivity index (χ3v) is 4.99. The molecule has 1 fully saturated rings. The summed E-state index contributed by atoms with van der Waals surface area (Å²) >= 11 is -0.219. The first kappa shape index (κ1) is 17.1. The van der Waals surface area contributed by atoms with Crippen molar-refractivity contribution in [3.63, 3.8) is 0 Å². The molecule has 1 atom stereocenters. The van der Waals surface area contributed by atoms with E-state index in [9.17, 15) is 21.6 Å². The molecular weight excluding hydrogens is 301 g/mol. The zero-order valence-corrected chi connectivity index (χ0v) is 12.1. The molecule has 0 bridgehead atoms. The Morgan fingerprint density at radius 2 is 2.05 bits per heavy atom. The molecule has 0 radical (unpaired) electrons. The second kappa shape index (κ2) is 7.70. The van der Waals surface area contributed by atoms with Crippen LogP contribution in [-0.4, -0.2) is 44.6 Å². The summed E-state index contributed by atoms with van der Waals surface area (Å²) in [6, 6.07) is 0.204. The molecule has 0 spiro atoms. The standard InChI is InChI=1S/C10H19F3N2O2S2/c11-10(12,13)18-7-6-15-19(16,17)8-4-9-3-1-2-5-14-9/h9,14-15H,1-8H2. The van der Waals surface area contributed by atoms with Crippen molar-refractivity contribution in [2.24, 2.45) is 0 Å². The summed E-state index contributed by atoms with van der Waals surface area (Å²) < 4.78 is 60.9. The van der Waals surface area contributed by atoms with Gasteiger partial charge in [-0.3, -0.25) is 0 Å². The highest BCUT2D eigenvalue weighted by atomic mass is 32.2. The van der Waals surface area contributed by atoms with Crippen LogP contribution in [0.15, 0.2) is 0 Å². The molecule has 1 rings (SSSR count). The zero-order chi connectivity index (χ0) is 14.4. The van der Waals surface area contributed by atoms with E-state index >= 15 is 0 Å². The minimum absolute atomic E-state index is 0.0403. The van der Waals surface area contributed by atoms with Crippen molar-refractivity contribution < 1.29 is 21.6 Å². The van der Waals surface area contributed by atoms with E-state index in [1.54, 1.807) is 0 Å². The lowest BCUT2D eigenvalue weighted by Crippen LogP contribution is -2.37. The van der Waals surface area contributed by atoms with Gasteiger partial charge in [0.05, 0.1) is 5.75 Å². The molecule has 0 aromatic carbocycles. The number of halogens is 3. The quantitative estimate of drug-likeness (QED) is 0.701. The molecule has 1 unspecified atom stereocenters. The summed E-state index contributed by atoms with van der Waals surface area (Å²) in [5.74, 6) is -0.342. The Hall–Kier alpha value is 0.01000. The molecule has 4 nitrogen and oxygen atoms in total. The first-order valence-electron chi connectivity index (χ1n) is 6.20. The third kappa shape index (κ3) is 8.72. The van der Waals surface area contributed by atoms with Gasteiger partial charge in [0.2, 0.25) is 10.0 Å². The molecule has 0 aliphatic carbocycles. The Labute approximate surface area is 115 Å². The summed E-state index contributed by atoms with van der Waals surface area (Å²) in [7, 11) is -3.47. The van der Waals surface area contributed by atoms with Gasteiger partial charge in [0, 0.05) is 18.3 Å². The van der Waals surface area contributed by atoms with Crippen LogP contribution in [0.1, 0.15) is 25.7 Å². The third-order valence-electron chi connectivity index (χ3n) is 2.84. The largest absolute Gasteiger partial charge is 0.441 e. The highest BCUT2D eigenvalue weighted by Crippen LogP contribution is 2.29. The Morgan fingerprint density at radius 1 is 1.32 bits per heavy atom. The van der Waals surface area contributed by atoms with Crippen LogP contribution in [0, 0.1) is 0 Å². The number of piperidine rings is 1. The van der Waals surface area contributed by atoms with E-state index in [0.29, 0.717) is 6.42 Å². The fourth-order valence-corrected chi connectivity index (χ4v) is 3.62. The van der Waals surface area contributed by atoms with Gasteiger partial charge < -0.3 is 5.32 Å². The summed E-state index contributed by atoms with van der Waals surface area (Å²) in [5.41, 5.74) is -4.31. The SMILES string of the molecule is O=S(=O)(CCC1CCCCN1)NCCSC(F)(F)F. The summed E-state index contributed by atoms with van der Waals surface area (Å²) in [5, 5.41) is 3.23. The maximum atomic E-state index is 11.8. The molecular formula is C10H19F3N2O2S2. The van der Waals surface area contributed by atoms with E-state index in [-0.39, 0.29) is 35.9 Å². The van der Waals surface area contributed by atoms with Gasteiger partial charge in [-0.05, 0) is 37.6 Å². The summed E-state index contributed by atoms with van der Waals surface area (Å²) in [6.45, 7) is 0.713. The minimum atomic E-state index is -4.31. The van der Waals surface area contributed by atoms with Gasteiger partial charge in [-0.15, -0.1) is 0 Å². The van der Waals surface area contributed by atoms with E-state index in [1.807, 2.05) is 0 Å². The molecule has 114 valence electrons. The van der Waals surface area contributed by atoms with Crippen molar-refractivity contribution >= 4 is 21.8 Å². The molecule has 0 amide bonds. The minimum Gasteiger partial charge on any atom is -0.314 e. The van der Waals surface area contributed by atoms with Crippen molar-refractivity contribution in [1.29, 1.82) is 0 Å². The van der Waals surface area contributed by atoms with Gasteiger partial charge >= 0.3 is 5.51 Å². The lowest BCUT2D eigenvalue weighted by molar-refractivity contribution is -0.0327. The maximum absolute atomic E-state index is 11.8. The van der Waals surface area contributed by atoms with Crippen LogP contribution in [-0.2, 0) is 10.0 Å². The Kier molecular flexibility index (Phi) is 6.92. The number of sulfonamides is 1. The van der Waals surface area contributed by atoms with Crippen LogP contribution in [0.3, 0.4) is 0 Å². The van der Waals surface area contributed by atoms with Crippen LogP contribution in [0.25, 0.3) is 0 Å². The molecule has 1 saturated heterocycles. The van der Waals surface area contributed by atoms with Crippen LogP contribution < -0.4 is 10.0 Å². The predicted molar refractivity (Wildman–Crippen MR) is 70.6 cm³/mol. The predicted octanol–water partition coefficient (Wildman–Crippen LogP) is 1.69. The molecule has 2 N–H and O–H groups in total. The number of hydrogen-bond acceptors (Lipinski definition) is 4. The van der Waals surface area contributed by atoms with Crippen molar-refractivity contribution in [2.75, 3.05) is 24.6 Å². The Balaban J connectivity index is 2.16. The van der Waals surface area contributed by atoms with Crippen molar-refractivity contribution in [2.45, 2.75) is 37.2 Å². The van der Waals surface area contributed by atoms with E-state index < -0.39 is 15.5 Å². The van der Waals surface area contributed by atoms with Crippen LogP contribution in [0.2, 0.25) is 0 Å². The van der Waals surface area contributed by atoms with Gasteiger partial charge in [-0.1, -0.05) is 6.42 Å². The zero-order valence-electron chi connectivity index (χ0n) is 10.5. The first-order chi connectivity index (χ1) is 8.79. The van der Waals surface area contributed by atoms with Crippen molar-refractivity contribution in [3.8, 4) is 0 Å². The molecule has 19 heavy (non-hydrogen) atoms. The van der Waals surface area contributed by atoms with Gasteiger partial charge in [0.15, 0.2) is 0 Å². The molecule has 1 heterocycles. The highest BCUT2D eigenvalue weighted by Gasteiger charge is 2.27. The van der Waals surface area contributed by atoms with E-state index in [4.69, 9.17) is 0 Å². The van der Waals surface area contributed by atoms with Crippen LogP contribution in [0.5, 0.6) is 0 Å². The topological polar surface area (TPSA) is 58.2 Å². The summed E-state index contributed by atoms with van der Waals surface area (Å²) in [6.07, 6.45) is 3.66. The Bertz CT molecular complexity index is 354. The highest BCUT2D eigenvalue weighted by molar-refractivity contribution is 8.00. The molecule has 0 aromatic rings. The summed E-state index contributed by atoms with van der Waals surface area (Å²) in [4.78, 5) is 0. The lowest BCUT2D eigenvalue weighted by atomic mass is 10.0. The van der Waals surface area contributed by atoms with E-state index in [1.165, 1.54) is 0 Å². The van der Waals surface area contributed by atoms with Gasteiger partial charge in [0.25, 0.3) is 0 Å². The number of nitrogens with one attached hydrogen (secondary N) is 2. The number of thioether (sulfide) groups is 1. The maximum Gasteiger partial charge on any atom is 0.441 e. The molecule has 0 saturated carbocycles. The molecule has 9 heteroatoms. The van der Waals surface area contributed by atoms with E-state index in [0.717, 1.165) is 25.8 Å². The van der Waals surface area contributed by atoms with Gasteiger partial charge in [0.1, 0.15) is 0 Å². The van der Waals surface area contributed by atoms with Gasteiger partial charge in [-0.2, -0.15) is 13.2 Å². The molecule has 1 aliphatic heterocycles. The second-order valence-corrected chi connectivity index (χ2v) is 7.53. The monoisotopic (exact) mass is 320 g/mol. The van der Waals surface area contributed by atoms with E-state index in [2.05, 4.69) is 10.0 Å². The number of alkyl halides is 3.